The van der Waals surface area contributed by atoms with Crippen LogP contribution in [0.1, 0.15) is 24.2 Å². The largest absolute Gasteiger partial charge is 0.497 e. The molecule has 1 heterocycles. The molecule has 0 fully saturated rings. The third-order valence-corrected chi connectivity index (χ3v) is 7.18. The number of methoxy groups -OCH3 is 1. The van der Waals surface area contributed by atoms with Crippen LogP contribution in [0.4, 0.5) is 31.0 Å². The van der Waals surface area contributed by atoms with Crippen molar-refractivity contribution >= 4 is 35.0 Å². The smallest absolute Gasteiger partial charge is 0.323 e. The zero-order valence-corrected chi connectivity index (χ0v) is 24.5. The summed E-state index contributed by atoms with van der Waals surface area (Å²) >= 11 is 0. The Kier molecular flexibility index (Phi) is 10.0. The normalized spacial score (nSPS) is 17.0. The number of ether oxygens (including phenoxy) is 2. The summed E-state index contributed by atoms with van der Waals surface area (Å²) in [4.78, 5) is 42.6. The number of nitrogens with zero attached hydrogens (tertiary/aromatic N) is 2. The first-order valence-electron chi connectivity index (χ1n) is 13.8. The van der Waals surface area contributed by atoms with E-state index in [2.05, 4.69) is 16.0 Å². The number of carbonyl (C=O) groups excluding carboxylic acids is 3. The number of aliphatic hydroxyl groups excluding tert-OH is 1. The topological polar surface area (TPSA) is 132 Å². The van der Waals surface area contributed by atoms with Crippen molar-refractivity contribution in [3.63, 3.8) is 0 Å². The molecule has 0 aromatic heterocycles. The minimum absolute atomic E-state index is 0.136. The Morgan fingerprint density at radius 3 is 2.37 bits per heavy atom. The van der Waals surface area contributed by atoms with Crippen LogP contribution in [0.15, 0.2) is 66.7 Å². The monoisotopic (exact) mass is 593 g/mol. The number of fused-ring (bicyclic) bond motifs is 1. The molecule has 0 unspecified atom stereocenters. The van der Waals surface area contributed by atoms with Gasteiger partial charge in [-0.25, -0.2) is 14.0 Å². The number of anilines is 3. The summed E-state index contributed by atoms with van der Waals surface area (Å²) in [5, 5.41) is 18.1. The van der Waals surface area contributed by atoms with Gasteiger partial charge in [0.05, 0.1) is 37.6 Å². The van der Waals surface area contributed by atoms with E-state index in [9.17, 15) is 23.9 Å². The third-order valence-electron chi connectivity index (χ3n) is 7.18. The van der Waals surface area contributed by atoms with Gasteiger partial charge >= 0.3 is 12.1 Å². The zero-order valence-electron chi connectivity index (χ0n) is 24.5. The molecule has 1 aliphatic rings. The van der Waals surface area contributed by atoms with E-state index < -0.39 is 24.0 Å². The highest BCUT2D eigenvalue weighted by Gasteiger charge is 2.35. The average molecular weight is 594 g/mol. The van der Waals surface area contributed by atoms with E-state index in [0.717, 1.165) is 0 Å². The van der Waals surface area contributed by atoms with Crippen LogP contribution in [0.25, 0.3) is 0 Å². The van der Waals surface area contributed by atoms with Crippen LogP contribution in [-0.2, 0) is 0 Å². The number of benzene rings is 3. The number of halogens is 1. The van der Waals surface area contributed by atoms with Gasteiger partial charge in [0.15, 0.2) is 5.75 Å². The minimum Gasteiger partial charge on any atom is -0.497 e. The van der Waals surface area contributed by atoms with Crippen molar-refractivity contribution in [2.45, 2.75) is 26.0 Å². The van der Waals surface area contributed by atoms with Crippen molar-refractivity contribution in [1.82, 2.24) is 9.80 Å². The lowest BCUT2D eigenvalue weighted by Gasteiger charge is -2.38. The quantitative estimate of drug-likeness (QED) is 0.295. The maximum absolute atomic E-state index is 13.7. The second kappa shape index (κ2) is 13.9. The van der Waals surface area contributed by atoms with Gasteiger partial charge in [-0.2, -0.15) is 0 Å². The Balaban J connectivity index is 1.59. The van der Waals surface area contributed by atoms with Gasteiger partial charge in [0.1, 0.15) is 17.7 Å². The summed E-state index contributed by atoms with van der Waals surface area (Å²) in [7, 11) is 3.19. The van der Waals surface area contributed by atoms with Crippen molar-refractivity contribution < 1.29 is 33.4 Å². The highest BCUT2D eigenvalue weighted by atomic mass is 19.1. The molecular formula is C31H36FN5O6. The van der Waals surface area contributed by atoms with E-state index in [1.165, 1.54) is 29.2 Å². The fraction of sp³-hybridized carbons (Fsp3) is 0.323. The Morgan fingerprint density at radius 1 is 1.07 bits per heavy atom. The lowest BCUT2D eigenvalue weighted by Crippen LogP contribution is -2.50. The number of carbonyl (C=O) groups is 3. The van der Waals surface area contributed by atoms with Crippen LogP contribution in [0.3, 0.4) is 0 Å². The average Bonchev–Trinajstić information content (AvgIpc) is 3.00. The standard InChI is InChI=1S/C31H36FN5O6/c1-19-16-37(20(2)18-38)29(39)25-6-5-7-26(35-30(40)33-22-10-8-21(32)9-11-22)28(25)43-27(19)17-36(3)31(41)34-23-12-14-24(42-4)15-13-23/h5-15,19-20,27,38H,16-18H2,1-4H3,(H,34,41)(H2,33,35,40)/t19-,20-,27+/m1/s1. The molecule has 228 valence electrons. The number of rotatable bonds is 8. The van der Waals surface area contributed by atoms with E-state index in [1.807, 2.05) is 6.92 Å². The molecule has 0 bridgehead atoms. The van der Waals surface area contributed by atoms with Crippen molar-refractivity contribution in [1.29, 1.82) is 0 Å². The molecule has 4 N–H and O–H groups in total. The number of hydrogen-bond acceptors (Lipinski definition) is 6. The predicted octanol–water partition coefficient (Wildman–Crippen LogP) is 4.86. The van der Waals surface area contributed by atoms with E-state index in [0.29, 0.717) is 17.1 Å². The molecule has 3 aromatic carbocycles. The summed E-state index contributed by atoms with van der Waals surface area (Å²) in [5.41, 5.74) is 1.38. The number of urea groups is 2. The van der Waals surface area contributed by atoms with Crippen molar-refractivity contribution in [2.24, 2.45) is 5.92 Å². The highest BCUT2D eigenvalue weighted by molar-refractivity contribution is 6.04. The second-order valence-corrected chi connectivity index (χ2v) is 10.4. The van der Waals surface area contributed by atoms with Gasteiger partial charge < -0.3 is 40.3 Å². The minimum atomic E-state index is -0.626. The van der Waals surface area contributed by atoms with Crippen LogP contribution in [0, 0.1) is 11.7 Å². The summed E-state index contributed by atoms with van der Waals surface area (Å²) < 4.78 is 24.9. The van der Waals surface area contributed by atoms with Gasteiger partial charge in [0.25, 0.3) is 5.91 Å². The molecule has 0 aliphatic carbocycles. The predicted molar refractivity (Wildman–Crippen MR) is 161 cm³/mol. The second-order valence-electron chi connectivity index (χ2n) is 10.4. The molecule has 4 rings (SSSR count). The summed E-state index contributed by atoms with van der Waals surface area (Å²) in [6.45, 7) is 3.80. The van der Waals surface area contributed by atoms with Gasteiger partial charge in [0, 0.05) is 30.9 Å². The summed E-state index contributed by atoms with van der Waals surface area (Å²) in [6, 6.07) is 15.5. The van der Waals surface area contributed by atoms with Crippen LogP contribution < -0.4 is 25.4 Å². The molecule has 5 amide bonds. The van der Waals surface area contributed by atoms with Gasteiger partial charge in [0.2, 0.25) is 0 Å². The molecule has 43 heavy (non-hydrogen) atoms. The first-order valence-corrected chi connectivity index (χ1v) is 13.8. The third kappa shape index (κ3) is 7.72. The summed E-state index contributed by atoms with van der Waals surface area (Å²) in [5.74, 6) is -0.281. The number of para-hydroxylation sites is 1. The maximum atomic E-state index is 13.7. The molecule has 0 saturated heterocycles. The van der Waals surface area contributed by atoms with Gasteiger partial charge in [-0.1, -0.05) is 13.0 Å². The Labute approximate surface area is 249 Å². The highest BCUT2D eigenvalue weighted by Crippen LogP contribution is 2.35. The molecule has 11 nitrogen and oxygen atoms in total. The first-order chi connectivity index (χ1) is 20.6. The van der Waals surface area contributed by atoms with E-state index in [1.54, 1.807) is 68.4 Å². The van der Waals surface area contributed by atoms with E-state index >= 15 is 0 Å². The number of nitrogens with one attached hydrogen (secondary N) is 3. The molecule has 0 saturated carbocycles. The van der Waals surface area contributed by atoms with Crippen molar-refractivity contribution in [2.75, 3.05) is 49.8 Å². The summed E-state index contributed by atoms with van der Waals surface area (Å²) in [6.07, 6.45) is -0.602. The molecule has 3 atom stereocenters. The van der Waals surface area contributed by atoms with Crippen molar-refractivity contribution in [3.05, 3.63) is 78.1 Å². The maximum Gasteiger partial charge on any atom is 0.323 e. The van der Waals surface area contributed by atoms with E-state index in [-0.39, 0.29) is 54.6 Å². The Bertz CT molecular complexity index is 1440. The van der Waals surface area contributed by atoms with Crippen LogP contribution >= 0.6 is 0 Å². The Hall–Kier alpha value is -4.84. The molecule has 0 radical (unpaired) electrons. The molecule has 12 heteroatoms. The van der Waals surface area contributed by atoms with Crippen molar-refractivity contribution in [3.8, 4) is 11.5 Å². The van der Waals surface area contributed by atoms with Gasteiger partial charge in [-0.15, -0.1) is 0 Å². The number of aliphatic hydroxyl groups is 1. The molecule has 0 spiro atoms. The lowest BCUT2D eigenvalue weighted by atomic mass is 9.99. The fourth-order valence-electron chi connectivity index (χ4n) is 4.62. The van der Waals surface area contributed by atoms with E-state index in [4.69, 9.17) is 9.47 Å². The van der Waals surface area contributed by atoms with Gasteiger partial charge in [-0.3, -0.25) is 4.79 Å². The zero-order chi connectivity index (χ0) is 31.1. The van der Waals surface area contributed by atoms with Crippen LogP contribution in [-0.4, -0.2) is 78.9 Å². The molecule has 3 aromatic rings. The number of hydrogen-bond donors (Lipinski definition) is 4. The first kappa shape index (κ1) is 31.1. The van der Waals surface area contributed by atoms with Crippen LogP contribution in [0.2, 0.25) is 0 Å². The molecule has 1 aliphatic heterocycles. The number of likely N-dealkylation sites (N-methyl/N-ethyl adjacent to an activating group) is 1. The fourth-order valence-corrected chi connectivity index (χ4v) is 4.62. The SMILES string of the molecule is COc1ccc(NC(=O)N(C)C[C@@H]2Oc3c(NC(=O)Nc4ccc(F)cc4)cccc3C(=O)N([C@H](C)CO)C[C@H]2C)cc1. The number of amides is 5. The Morgan fingerprint density at radius 2 is 1.72 bits per heavy atom. The van der Waals surface area contributed by atoms with Crippen LogP contribution in [0.5, 0.6) is 11.5 Å². The lowest BCUT2D eigenvalue weighted by molar-refractivity contribution is 0.0373. The molecular weight excluding hydrogens is 557 g/mol. The van der Waals surface area contributed by atoms with Gasteiger partial charge in [-0.05, 0) is 67.6 Å².